The van der Waals surface area contributed by atoms with Gasteiger partial charge in [-0.25, -0.2) is 15.0 Å². The van der Waals surface area contributed by atoms with Gasteiger partial charge in [0.15, 0.2) is 17.5 Å². The van der Waals surface area contributed by atoms with Crippen LogP contribution in [0.5, 0.6) is 0 Å². The summed E-state index contributed by atoms with van der Waals surface area (Å²) in [4.78, 5) is 15.3. The second-order valence-electron chi connectivity index (χ2n) is 14.9. The lowest BCUT2D eigenvalue weighted by Crippen LogP contribution is -2.03. The van der Waals surface area contributed by atoms with Crippen LogP contribution in [0.25, 0.3) is 111 Å². The molecule has 0 radical (unpaired) electrons. The Morgan fingerprint density at radius 3 is 1.41 bits per heavy atom. The molecule has 0 spiro atoms. The molecule has 0 bridgehead atoms. The van der Waals surface area contributed by atoms with E-state index in [2.05, 4.69) is 173 Å². The molecule has 0 atom stereocenters. The molecule has 12 aromatic rings. The molecule has 0 aliphatic carbocycles. The Morgan fingerprint density at radius 1 is 0.293 bits per heavy atom. The lowest BCUT2D eigenvalue weighted by molar-refractivity contribution is 1.06. The van der Waals surface area contributed by atoms with Gasteiger partial charge in [0, 0.05) is 43.9 Å². The minimum absolute atomic E-state index is 0.619. The Bertz CT molecular complexity index is 3510. The largest absolute Gasteiger partial charge is 0.309 e. The van der Waals surface area contributed by atoms with Crippen LogP contribution in [0.1, 0.15) is 0 Å². The molecule has 5 nitrogen and oxygen atoms in total. The average Bonchev–Trinajstić information content (AvgIpc) is 3.78. The van der Waals surface area contributed by atoms with Gasteiger partial charge < -0.3 is 9.13 Å². The monoisotopic (exact) mass is 739 g/mol. The van der Waals surface area contributed by atoms with E-state index in [1.165, 1.54) is 54.1 Å². The first kappa shape index (κ1) is 32.4. The molecule has 0 N–H and O–H groups in total. The molecular formula is C53H33N5. The predicted octanol–water partition coefficient (Wildman–Crippen LogP) is 13.4. The van der Waals surface area contributed by atoms with Crippen molar-refractivity contribution in [2.24, 2.45) is 0 Å². The van der Waals surface area contributed by atoms with E-state index in [1.807, 2.05) is 36.4 Å². The summed E-state index contributed by atoms with van der Waals surface area (Å²) < 4.78 is 4.82. The number of benzene rings is 9. The zero-order chi connectivity index (χ0) is 38.2. The summed E-state index contributed by atoms with van der Waals surface area (Å²) in [5.41, 5.74) is 9.52. The van der Waals surface area contributed by atoms with Crippen molar-refractivity contribution in [3.63, 3.8) is 0 Å². The predicted molar refractivity (Wildman–Crippen MR) is 240 cm³/mol. The van der Waals surface area contributed by atoms with E-state index in [-0.39, 0.29) is 0 Å². The van der Waals surface area contributed by atoms with Gasteiger partial charge in [-0.05, 0) is 82.2 Å². The van der Waals surface area contributed by atoms with Crippen molar-refractivity contribution in [3.05, 3.63) is 200 Å². The molecule has 3 aromatic heterocycles. The maximum absolute atomic E-state index is 5.17. The standard InChI is InChI=1S/C53H33N5/c1-3-15-34(16-4-1)51-54-52(35-17-5-2-6-18-35)56-53(55-51)42-24-12-14-26-47(42)58-48-28-27-40(33-45(48)44-30-37-20-8-10-22-39(37)32-50(44)58)57-46-25-13-11-23-41(46)43-29-36-19-7-9-21-38(36)31-49(43)57/h1-33H. The zero-order valence-electron chi connectivity index (χ0n) is 31.3. The SMILES string of the molecule is c1ccc(-c2nc(-c3ccccc3)nc(-c3ccccc3-n3c4ccc(-n5c6ccccc6c6cc7ccccc7cc65)cc4c4cc5ccccc5cc43)n2)cc1. The summed E-state index contributed by atoms with van der Waals surface area (Å²) in [6, 6.07) is 71.1. The molecule has 0 aliphatic heterocycles. The summed E-state index contributed by atoms with van der Waals surface area (Å²) in [6.45, 7) is 0. The summed E-state index contributed by atoms with van der Waals surface area (Å²) in [6.07, 6.45) is 0. The van der Waals surface area contributed by atoms with Gasteiger partial charge in [-0.15, -0.1) is 0 Å². The van der Waals surface area contributed by atoms with Crippen molar-refractivity contribution in [2.45, 2.75) is 0 Å². The minimum atomic E-state index is 0.619. The molecule has 3 heterocycles. The lowest BCUT2D eigenvalue weighted by atomic mass is 10.1. The maximum atomic E-state index is 5.17. The summed E-state index contributed by atoms with van der Waals surface area (Å²) in [5.74, 6) is 1.89. The highest BCUT2D eigenvalue weighted by Crippen LogP contribution is 2.41. The van der Waals surface area contributed by atoms with Gasteiger partial charge in [0.05, 0.1) is 27.8 Å². The highest BCUT2D eigenvalue weighted by Gasteiger charge is 2.21. The molecular weight excluding hydrogens is 707 g/mol. The van der Waals surface area contributed by atoms with Gasteiger partial charge in [-0.2, -0.15) is 0 Å². The van der Waals surface area contributed by atoms with Crippen LogP contribution in [-0.4, -0.2) is 24.1 Å². The Kier molecular flexibility index (Phi) is 7.16. The molecule has 0 aliphatic rings. The van der Waals surface area contributed by atoms with Gasteiger partial charge in [0.2, 0.25) is 0 Å². The molecule has 0 fully saturated rings. The number of para-hydroxylation sites is 2. The Labute approximate surface area is 333 Å². The first-order chi connectivity index (χ1) is 28.7. The smallest absolute Gasteiger partial charge is 0.166 e. The Hall–Kier alpha value is -7.89. The fourth-order valence-electron chi connectivity index (χ4n) is 8.81. The quantitative estimate of drug-likeness (QED) is 0.177. The minimum Gasteiger partial charge on any atom is -0.309 e. The molecule has 0 amide bonds. The fourth-order valence-corrected chi connectivity index (χ4v) is 8.81. The number of hydrogen-bond donors (Lipinski definition) is 0. The van der Waals surface area contributed by atoms with Crippen LogP contribution >= 0.6 is 0 Å². The van der Waals surface area contributed by atoms with Crippen LogP contribution in [0.4, 0.5) is 0 Å². The van der Waals surface area contributed by atoms with Crippen molar-refractivity contribution in [2.75, 3.05) is 0 Å². The van der Waals surface area contributed by atoms with Gasteiger partial charge in [-0.1, -0.05) is 140 Å². The van der Waals surface area contributed by atoms with Crippen molar-refractivity contribution in [1.82, 2.24) is 24.1 Å². The second-order valence-corrected chi connectivity index (χ2v) is 14.9. The lowest BCUT2D eigenvalue weighted by Gasteiger charge is -2.15. The number of nitrogens with zero attached hydrogens (tertiary/aromatic N) is 5. The number of fused-ring (bicyclic) bond motifs is 8. The first-order valence-electron chi connectivity index (χ1n) is 19.6. The van der Waals surface area contributed by atoms with Crippen LogP contribution in [-0.2, 0) is 0 Å². The van der Waals surface area contributed by atoms with Gasteiger partial charge in [0.1, 0.15) is 0 Å². The number of hydrogen-bond acceptors (Lipinski definition) is 3. The third-order valence-electron chi connectivity index (χ3n) is 11.5. The first-order valence-corrected chi connectivity index (χ1v) is 19.6. The van der Waals surface area contributed by atoms with E-state index in [4.69, 9.17) is 15.0 Å². The average molecular weight is 740 g/mol. The van der Waals surface area contributed by atoms with E-state index in [9.17, 15) is 0 Å². The number of rotatable bonds is 5. The van der Waals surface area contributed by atoms with E-state index in [1.54, 1.807) is 0 Å². The van der Waals surface area contributed by atoms with Gasteiger partial charge in [0.25, 0.3) is 0 Å². The van der Waals surface area contributed by atoms with Crippen LogP contribution in [0, 0.1) is 0 Å². The third kappa shape index (κ3) is 5.07. The second kappa shape index (κ2) is 12.8. The van der Waals surface area contributed by atoms with E-state index in [0.717, 1.165) is 39.1 Å². The molecule has 0 unspecified atom stereocenters. The summed E-state index contributed by atoms with van der Waals surface area (Å²) >= 11 is 0. The van der Waals surface area contributed by atoms with Crippen molar-refractivity contribution in [3.8, 4) is 45.5 Å². The summed E-state index contributed by atoms with van der Waals surface area (Å²) in [5, 5.41) is 9.70. The maximum Gasteiger partial charge on any atom is 0.166 e. The normalized spacial score (nSPS) is 11.8. The molecule has 0 saturated carbocycles. The Morgan fingerprint density at radius 2 is 0.759 bits per heavy atom. The molecule has 58 heavy (non-hydrogen) atoms. The molecule has 12 rings (SSSR count). The van der Waals surface area contributed by atoms with Crippen molar-refractivity contribution >= 4 is 65.2 Å². The highest BCUT2D eigenvalue weighted by atomic mass is 15.1. The van der Waals surface area contributed by atoms with Crippen LogP contribution in [0.15, 0.2) is 200 Å². The van der Waals surface area contributed by atoms with E-state index in [0.29, 0.717) is 17.5 Å². The molecule has 0 saturated heterocycles. The molecule has 9 aromatic carbocycles. The fraction of sp³-hybridized carbons (Fsp3) is 0. The summed E-state index contributed by atoms with van der Waals surface area (Å²) in [7, 11) is 0. The third-order valence-corrected chi connectivity index (χ3v) is 11.5. The van der Waals surface area contributed by atoms with Crippen LogP contribution < -0.4 is 0 Å². The van der Waals surface area contributed by atoms with Gasteiger partial charge in [-0.3, -0.25) is 0 Å². The van der Waals surface area contributed by atoms with E-state index >= 15 is 0 Å². The topological polar surface area (TPSA) is 48.5 Å². The van der Waals surface area contributed by atoms with E-state index < -0.39 is 0 Å². The highest BCUT2D eigenvalue weighted by molar-refractivity contribution is 6.16. The number of aromatic nitrogens is 5. The van der Waals surface area contributed by atoms with Crippen LogP contribution in [0.3, 0.4) is 0 Å². The molecule has 5 heteroatoms. The molecule has 270 valence electrons. The van der Waals surface area contributed by atoms with Crippen LogP contribution in [0.2, 0.25) is 0 Å². The zero-order valence-corrected chi connectivity index (χ0v) is 31.3. The Balaban J connectivity index is 1.13. The van der Waals surface area contributed by atoms with Crippen molar-refractivity contribution in [1.29, 1.82) is 0 Å². The van der Waals surface area contributed by atoms with Gasteiger partial charge >= 0.3 is 0 Å². The van der Waals surface area contributed by atoms with Crippen molar-refractivity contribution < 1.29 is 0 Å².